The van der Waals surface area contributed by atoms with Crippen molar-refractivity contribution in [1.82, 2.24) is 0 Å². The summed E-state index contributed by atoms with van der Waals surface area (Å²) in [4.78, 5) is 26.3. The summed E-state index contributed by atoms with van der Waals surface area (Å²) in [6.07, 6.45) is 2.95. The van der Waals surface area contributed by atoms with Crippen LogP contribution in [0.15, 0.2) is 12.1 Å². The van der Waals surface area contributed by atoms with E-state index in [9.17, 15) is 9.59 Å². The molecule has 0 N–H and O–H groups in total. The highest BCUT2D eigenvalue weighted by atomic mass is 16.5. The smallest absolute Gasteiger partial charge is 0.154 e. The van der Waals surface area contributed by atoms with E-state index in [1.807, 2.05) is 13.8 Å². The number of hydrogen-bond acceptors (Lipinski definition) is 3. The van der Waals surface area contributed by atoms with E-state index in [2.05, 4.69) is 26.0 Å². The number of ketones is 2. The molecule has 3 unspecified atom stereocenters. The third-order valence-corrected chi connectivity index (χ3v) is 6.03. The molecule has 3 nitrogen and oxygen atoms in total. The van der Waals surface area contributed by atoms with Gasteiger partial charge < -0.3 is 4.74 Å². The topological polar surface area (TPSA) is 43.4 Å². The summed E-state index contributed by atoms with van der Waals surface area (Å²) in [6.45, 7) is 9.67. The van der Waals surface area contributed by atoms with E-state index < -0.39 is 11.3 Å². The highest BCUT2D eigenvalue weighted by Crippen LogP contribution is 2.49. The van der Waals surface area contributed by atoms with Gasteiger partial charge in [-0.1, -0.05) is 24.6 Å². The van der Waals surface area contributed by atoms with Gasteiger partial charge in [-0.05, 0) is 62.6 Å². The van der Waals surface area contributed by atoms with Crippen molar-refractivity contribution in [2.45, 2.75) is 59.3 Å². The van der Waals surface area contributed by atoms with Crippen molar-refractivity contribution in [3.05, 3.63) is 34.4 Å². The molecule has 130 valence electrons. The molecule has 0 radical (unpaired) electrons. The normalized spacial score (nSPS) is 30.3. The van der Waals surface area contributed by atoms with Crippen molar-refractivity contribution in [3.63, 3.8) is 0 Å². The maximum atomic E-state index is 13.4. The molecule has 1 saturated heterocycles. The minimum atomic E-state index is -0.562. The number of rotatable bonds is 4. The third kappa shape index (κ3) is 2.83. The van der Waals surface area contributed by atoms with Crippen molar-refractivity contribution < 1.29 is 14.3 Å². The molecule has 24 heavy (non-hydrogen) atoms. The summed E-state index contributed by atoms with van der Waals surface area (Å²) in [5, 5.41) is 0. The fourth-order valence-corrected chi connectivity index (χ4v) is 4.83. The van der Waals surface area contributed by atoms with Gasteiger partial charge in [-0.25, -0.2) is 0 Å². The Kier molecular flexibility index (Phi) is 4.65. The van der Waals surface area contributed by atoms with Crippen LogP contribution >= 0.6 is 0 Å². The van der Waals surface area contributed by atoms with Crippen LogP contribution < -0.4 is 0 Å². The zero-order valence-corrected chi connectivity index (χ0v) is 15.3. The quantitative estimate of drug-likeness (QED) is 0.783. The average Bonchev–Trinajstić information content (AvgIpc) is 3.09. The van der Waals surface area contributed by atoms with Crippen LogP contribution in [0.2, 0.25) is 0 Å². The molecule has 1 saturated carbocycles. The molecule has 1 aliphatic heterocycles. The molecule has 0 amide bonds. The van der Waals surface area contributed by atoms with Crippen LogP contribution in [-0.4, -0.2) is 24.8 Å². The Hall–Kier alpha value is -1.48. The molecule has 1 aliphatic carbocycles. The molecule has 2 fully saturated rings. The van der Waals surface area contributed by atoms with Gasteiger partial charge in [-0.15, -0.1) is 0 Å². The number of Topliss-reactive ketones (excluding diaryl/α,β-unsaturated/α-hetero) is 2. The minimum absolute atomic E-state index is 0.107. The molecule has 3 heteroatoms. The van der Waals surface area contributed by atoms with Gasteiger partial charge in [0.2, 0.25) is 0 Å². The lowest BCUT2D eigenvalue weighted by atomic mass is 9.73. The summed E-state index contributed by atoms with van der Waals surface area (Å²) < 4.78 is 5.49. The standard InChI is InChI=1S/C21H28O3/c1-5-21(10-16-6-7-24-12-16)11-17(22)19(20(21)23)18-14(3)8-13(2)9-15(18)4/h8-9,16,19H,5-7,10-12H2,1-4H3. The second kappa shape index (κ2) is 6.44. The first kappa shape index (κ1) is 17.3. The van der Waals surface area contributed by atoms with Gasteiger partial charge in [-0.3, -0.25) is 9.59 Å². The van der Waals surface area contributed by atoms with Crippen LogP contribution in [0.1, 0.15) is 60.8 Å². The third-order valence-electron chi connectivity index (χ3n) is 6.03. The first-order valence-electron chi connectivity index (χ1n) is 9.10. The van der Waals surface area contributed by atoms with Crippen LogP contribution in [-0.2, 0) is 14.3 Å². The van der Waals surface area contributed by atoms with Crippen molar-refractivity contribution >= 4 is 11.6 Å². The Balaban J connectivity index is 1.96. The minimum Gasteiger partial charge on any atom is -0.381 e. The van der Waals surface area contributed by atoms with E-state index in [1.165, 1.54) is 5.56 Å². The molecule has 3 atom stereocenters. The molecule has 2 aliphatic rings. The molecular weight excluding hydrogens is 300 g/mol. The second-order valence-corrected chi connectivity index (χ2v) is 7.82. The summed E-state index contributed by atoms with van der Waals surface area (Å²) in [7, 11) is 0. The van der Waals surface area contributed by atoms with Crippen LogP contribution in [0.4, 0.5) is 0 Å². The number of carbonyl (C=O) groups is 2. The number of benzene rings is 1. The van der Waals surface area contributed by atoms with Crippen molar-refractivity contribution in [2.75, 3.05) is 13.2 Å². The molecule has 0 aromatic heterocycles. The SMILES string of the molecule is CCC1(CC2CCOC2)CC(=O)C(c2c(C)cc(C)cc2C)C1=O. The van der Waals surface area contributed by atoms with Gasteiger partial charge in [0.25, 0.3) is 0 Å². The maximum absolute atomic E-state index is 13.4. The van der Waals surface area contributed by atoms with Gasteiger partial charge in [0, 0.05) is 25.0 Å². The van der Waals surface area contributed by atoms with Gasteiger partial charge >= 0.3 is 0 Å². The van der Waals surface area contributed by atoms with Crippen molar-refractivity contribution in [3.8, 4) is 0 Å². The van der Waals surface area contributed by atoms with Gasteiger partial charge in [0.1, 0.15) is 11.7 Å². The summed E-state index contributed by atoms with van der Waals surface area (Å²) in [6, 6.07) is 4.17. The zero-order chi connectivity index (χ0) is 17.5. The van der Waals surface area contributed by atoms with E-state index >= 15 is 0 Å². The predicted octanol–water partition coefficient (Wildman–Crippen LogP) is 4.06. The maximum Gasteiger partial charge on any atom is 0.154 e. The lowest BCUT2D eigenvalue weighted by Gasteiger charge is -2.28. The molecule has 0 spiro atoms. The van der Waals surface area contributed by atoms with Gasteiger partial charge in [0.15, 0.2) is 5.78 Å². The summed E-state index contributed by atoms with van der Waals surface area (Å²) >= 11 is 0. The van der Waals surface area contributed by atoms with Crippen molar-refractivity contribution in [1.29, 1.82) is 0 Å². The Morgan fingerprint density at radius 1 is 1.17 bits per heavy atom. The largest absolute Gasteiger partial charge is 0.381 e. The van der Waals surface area contributed by atoms with E-state index in [-0.39, 0.29) is 11.6 Å². The molecule has 1 aromatic rings. The number of carbonyl (C=O) groups excluding carboxylic acids is 2. The molecule has 0 bridgehead atoms. The Labute approximate surface area is 144 Å². The number of ether oxygens (including phenoxy) is 1. The van der Waals surface area contributed by atoms with E-state index in [0.717, 1.165) is 49.2 Å². The highest BCUT2D eigenvalue weighted by Gasteiger charge is 2.53. The van der Waals surface area contributed by atoms with Gasteiger partial charge in [-0.2, -0.15) is 0 Å². The lowest BCUT2D eigenvalue weighted by Crippen LogP contribution is -2.30. The lowest BCUT2D eigenvalue weighted by molar-refractivity contribution is -0.128. The van der Waals surface area contributed by atoms with E-state index in [4.69, 9.17) is 4.74 Å². The highest BCUT2D eigenvalue weighted by molar-refractivity contribution is 6.16. The zero-order valence-electron chi connectivity index (χ0n) is 15.3. The number of hydrogen-bond donors (Lipinski definition) is 0. The fourth-order valence-electron chi connectivity index (χ4n) is 4.83. The first-order valence-corrected chi connectivity index (χ1v) is 9.10. The fraction of sp³-hybridized carbons (Fsp3) is 0.619. The van der Waals surface area contributed by atoms with Crippen LogP contribution in [0.5, 0.6) is 0 Å². The second-order valence-electron chi connectivity index (χ2n) is 7.82. The Bertz CT molecular complexity index is 647. The molecule has 1 heterocycles. The van der Waals surface area contributed by atoms with Crippen LogP contribution in [0.3, 0.4) is 0 Å². The van der Waals surface area contributed by atoms with Crippen LogP contribution in [0.25, 0.3) is 0 Å². The van der Waals surface area contributed by atoms with E-state index in [1.54, 1.807) is 0 Å². The molecular formula is C21H28O3. The first-order chi connectivity index (χ1) is 11.4. The molecule has 3 rings (SSSR count). The average molecular weight is 328 g/mol. The van der Waals surface area contributed by atoms with Gasteiger partial charge in [0.05, 0.1) is 0 Å². The summed E-state index contributed by atoms with van der Waals surface area (Å²) in [5.41, 5.74) is 3.78. The Morgan fingerprint density at radius 2 is 1.83 bits per heavy atom. The molecule has 1 aromatic carbocycles. The summed E-state index contributed by atoms with van der Waals surface area (Å²) in [5.74, 6) is 0.112. The van der Waals surface area contributed by atoms with Crippen LogP contribution in [0, 0.1) is 32.1 Å². The van der Waals surface area contributed by atoms with Crippen molar-refractivity contribution in [2.24, 2.45) is 11.3 Å². The Morgan fingerprint density at radius 3 is 2.38 bits per heavy atom. The predicted molar refractivity (Wildman–Crippen MR) is 94.3 cm³/mol. The number of aryl methyl sites for hydroxylation is 3. The monoisotopic (exact) mass is 328 g/mol. The van der Waals surface area contributed by atoms with E-state index in [0.29, 0.717) is 12.3 Å².